The lowest BCUT2D eigenvalue weighted by molar-refractivity contribution is -0.131. The molecule has 0 spiro atoms. The van der Waals surface area contributed by atoms with Crippen molar-refractivity contribution in [1.82, 2.24) is 15.3 Å². The molecule has 0 atom stereocenters. The Morgan fingerprint density at radius 1 is 1.42 bits per heavy atom. The molecule has 0 bridgehead atoms. The van der Waals surface area contributed by atoms with Crippen LogP contribution in [-0.4, -0.2) is 39.8 Å². The number of halogens is 1. The molecule has 2 aromatic rings. The summed E-state index contributed by atoms with van der Waals surface area (Å²) in [6.07, 6.45) is 1.80. The second kappa shape index (κ2) is 4.48. The van der Waals surface area contributed by atoms with Crippen LogP contribution < -0.4 is 5.32 Å². The van der Waals surface area contributed by atoms with Gasteiger partial charge in [0, 0.05) is 13.2 Å². The number of hydrogen-bond acceptors (Lipinski definition) is 4. The van der Waals surface area contributed by atoms with Crippen molar-refractivity contribution in [3.63, 3.8) is 0 Å². The molecule has 2 aromatic heterocycles. The second-order valence-electron chi connectivity index (χ2n) is 3.62. The van der Waals surface area contributed by atoms with Crippen molar-refractivity contribution < 1.29 is 23.9 Å². The van der Waals surface area contributed by atoms with Gasteiger partial charge in [-0.15, -0.1) is 0 Å². The summed E-state index contributed by atoms with van der Waals surface area (Å²) in [5, 5.41) is 10.7. The van der Waals surface area contributed by atoms with Gasteiger partial charge in [-0.25, -0.2) is 14.2 Å². The van der Waals surface area contributed by atoms with Crippen LogP contribution in [-0.2, 0) is 4.79 Å². The number of Topliss-reactive ketones (excluding diaryl/α,β-unsaturated/α-hetero) is 1. The number of ketones is 1. The first-order chi connectivity index (χ1) is 8.97. The van der Waals surface area contributed by atoms with Gasteiger partial charge in [-0.1, -0.05) is 0 Å². The molecule has 1 amide bonds. The van der Waals surface area contributed by atoms with Gasteiger partial charge in [0.1, 0.15) is 0 Å². The zero-order valence-corrected chi connectivity index (χ0v) is 9.65. The fourth-order valence-corrected chi connectivity index (χ4v) is 1.69. The van der Waals surface area contributed by atoms with Gasteiger partial charge in [-0.2, -0.15) is 0 Å². The zero-order valence-electron chi connectivity index (χ0n) is 9.65. The van der Waals surface area contributed by atoms with Crippen LogP contribution in [0.1, 0.15) is 20.8 Å². The third-order valence-corrected chi connectivity index (χ3v) is 2.54. The molecule has 0 fully saturated rings. The molecule has 0 saturated carbocycles. The van der Waals surface area contributed by atoms with Crippen LogP contribution in [0.15, 0.2) is 12.4 Å². The van der Waals surface area contributed by atoms with Gasteiger partial charge in [0.2, 0.25) is 0 Å². The van der Waals surface area contributed by atoms with E-state index in [0.29, 0.717) is 0 Å². The molecule has 0 aliphatic carbocycles. The van der Waals surface area contributed by atoms with E-state index in [-0.39, 0.29) is 22.2 Å². The van der Waals surface area contributed by atoms with Crippen LogP contribution in [0.2, 0.25) is 0 Å². The lowest BCUT2D eigenvalue weighted by Crippen LogP contribution is -2.20. The number of nitrogens with one attached hydrogen (secondary N) is 2. The van der Waals surface area contributed by atoms with E-state index in [1.807, 2.05) is 0 Å². The summed E-state index contributed by atoms with van der Waals surface area (Å²) < 4.78 is 13.7. The van der Waals surface area contributed by atoms with E-state index in [0.717, 1.165) is 12.4 Å². The number of carboxylic acids is 1. The number of amides is 1. The van der Waals surface area contributed by atoms with E-state index in [2.05, 4.69) is 15.3 Å². The lowest BCUT2D eigenvalue weighted by Gasteiger charge is -2.02. The highest BCUT2D eigenvalue weighted by Gasteiger charge is 2.24. The molecule has 0 unspecified atom stereocenters. The number of rotatable bonds is 3. The molecule has 19 heavy (non-hydrogen) atoms. The summed E-state index contributed by atoms with van der Waals surface area (Å²) in [6.45, 7) is 0. The number of carboxylic acid groups (broad SMARTS) is 1. The molecule has 8 heteroatoms. The van der Waals surface area contributed by atoms with Gasteiger partial charge >= 0.3 is 5.97 Å². The Bertz CT molecular complexity index is 707. The number of aromatic amines is 1. The Balaban J connectivity index is 2.76. The van der Waals surface area contributed by atoms with Gasteiger partial charge in [0.15, 0.2) is 11.5 Å². The third-order valence-electron chi connectivity index (χ3n) is 2.54. The maximum Gasteiger partial charge on any atom is 0.377 e. The van der Waals surface area contributed by atoms with Crippen LogP contribution in [0.25, 0.3) is 10.9 Å². The number of aromatic nitrogens is 2. The average Bonchev–Trinajstić information content (AvgIpc) is 2.82. The van der Waals surface area contributed by atoms with E-state index in [1.165, 1.54) is 7.05 Å². The van der Waals surface area contributed by atoms with Crippen LogP contribution in [0, 0.1) is 5.82 Å². The molecule has 7 nitrogen and oxygen atoms in total. The van der Waals surface area contributed by atoms with E-state index in [4.69, 9.17) is 5.11 Å². The highest BCUT2D eigenvalue weighted by Crippen LogP contribution is 2.24. The number of fused-ring (bicyclic) bond motifs is 1. The quantitative estimate of drug-likeness (QED) is 0.546. The Hall–Kier alpha value is -2.77. The number of carbonyl (C=O) groups excluding carboxylic acids is 2. The largest absolute Gasteiger partial charge is 0.475 e. The molecule has 3 N–H and O–H groups in total. The van der Waals surface area contributed by atoms with Crippen molar-refractivity contribution in [3.05, 3.63) is 29.5 Å². The second-order valence-corrected chi connectivity index (χ2v) is 3.62. The van der Waals surface area contributed by atoms with Crippen LogP contribution in [0.4, 0.5) is 4.39 Å². The fourth-order valence-electron chi connectivity index (χ4n) is 1.69. The predicted molar refractivity (Wildman–Crippen MR) is 61.4 cm³/mol. The van der Waals surface area contributed by atoms with E-state index in [1.54, 1.807) is 0 Å². The van der Waals surface area contributed by atoms with Crippen molar-refractivity contribution >= 4 is 28.6 Å². The summed E-state index contributed by atoms with van der Waals surface area (Å²) in [6, 6.07) is 0. The number of carbonyl (C=O) groups is 3. The van der Waals surface area contributed by atoms with Crippen molar-refractivity contribution in [2.75, 3.05) is 7.05 Å². The number of H-pyrrole nitrogens is 1. The Morgan fingerprint density at radius 3 is 2.68 bits per heavy atom. The summed E-state index contributed by atoms with van der Waals surface area (Å²) >= 11 is 0. The molecular weight excluding hydrogens is 257 g/mol. The predicted octanol–water partition coefficient (Wildman–Crippen LogP) is 0.329. The third kappa shape index (κ3) is 1.92. The molecule has 0 radical (unpaired) electrons. The minimum atomic E-state index is -1.71. The average molecular weight is 265 g/mol. The first-order valence-electron chi connectivity index (χ1n) is 5.12. The molecule has 0 aliphatic rings. The highest BCUT2D eigenvalue weighted by atomic mass is 19.1. The van der Waals surface area contributed by atoms with E-state index in [9.17, 15) is 18.8 Å². The van der Waals surface area contributed by atoms with Gasteiger partial charge in [0.05, 0.1) is 22.7 Å². The standard InChI is InChI=1S/C11H8FN3O4/c1-13-10(17)8-7-6(5(12)3-15-8)4(2-14-7)9(16)11(18)19/h2-3,14H,1H3,(H,13,17)(H,18,19). The minimum absolute atomic E-state index is 0.0241. The summed E-state index contributed by atoms with van der Waals surface area (Å²) in [7, 11) is 1.37. The van der Waals surface area contributed by atoms with Crippen LogP contribution in [0.5, 0.6) is 0 Å². The summed E-state index contributed by atoms with van der Waals surface area (Å²) in [5.74, 6) is -4.44. The maximum atomic E-state index is 13.7. The highest BCUT2D eigenvalue weighted by molar-refractivity contribution is 6.42. The normalized spacial score (nSPS) is 10.4. The smallest absolute Gasteiger partial charge is 0.377 e. The number of hydrogen-bond donors (Lipinski definition) is 3. The lowest BCUT2D eigenvalue weighted by atomic mass is 10.1. The van der Waals surface area contributed by atoms with Gasteiger partial charge in [-0.3, -0.25) is 9.59 Å². The fraction of sp³-hybridized carbons (Fsp3) is 0.0909. The Labute approximate surface area is 105 Å². The van der Waals surface area contributed by atoms with Crippen molar-refractivity contribution in [3.8, 4) is 0 Å². The molecule has 0 saturated heterocycles. The number of nitrogens with zero attached hydrogens (tertiary/aromatic N) is 1. The monoisotopic (exact) mass is 265 g/mol. The topological polar surface area (TPSA) is 112 Å². The van der Waals surface area contributed by atoms with Crippen molar-refractivity contribution in [1.29, 1.82) is 0 Å². The van der Waals surface area contributed by atoms with Crippen LogP contribution in [0.3, 0.4) is 0 Å². The van der Waals surface area contributed by atoms with Gasteiger partial charge in [0.25, 0.3) is 11.7 Å². The first-order valence-corrected chi connectivity index (χ1v) is 5.12. The minimum Gasteiger partial charge on any atom is -0.475 e. The Kier molecular flexibility index (Phi) is 2.99. The summed E-state index contributed by atoms with van der Waals surface area (Å²) in [5.41, 5.74) is -0.500. The molecule has 0 aliphatic heterocycles. The van der Waals surface area contributed by atoms with Crippen molar-refractivity contribution in [2.24, 2.45) is 0 Å². The van der Waals surface area contributed by atoms with E-state index >= 15 is 0 Å². The molecule has 2 heterocycles. The van der Waals surface area contributed by atoms with E-state index < -0.39 is 23.5 Å². The number of pyridine rings is 1. The zero-order chi connectivity index (χ0) is 14.2. The van der Waals surface area contributed by atoms with Crippen molar-refractivity contribution in [2.45, 2.75) is 0 Å². The summed E-state index contributed by atoms with van der Waals surface area (Å²) in [4.78, 5) is 39.7. The van der Waals surface area contributed by atoms with Gasteiger partial charge in [-0.05, 0) is 0 Å². The molecule has 0 aromatic carbocycles. The first kappa shape index (κ1) is 12.7. The molecule has 98 valence electrons. The van der Waals surface area contributed by atoms with Crippen LogP contribution >= 0.6 is 0 Å². The molecular formula is C11H8FN3O4. The molecule has 2 rings (SSSR count). The number of aliphatic carboxylic acids is 1. The maximum absolute atomic E-state index is 13.7. The van der Waals surface area contributed by atoms with Gasteiger partial charge < -0.3 is 15.4 Å². The Morgan fingerprint density at radius 2 is 2.11 bits per heavy atom. The SMILES string of the molecule is CNC(=O)c1ncc(F)c2c(C(=O)C(=O)O)c[nH]c12.